The number of aliphatic hydroxyl groups excluding tert-OH is 1. The maximum atomic E-state index is 12.8. The van der Waals surface area contributed by atoms with Crippen LogP contribution in [0.15, 0.2) is 18.3 Å². The maximum Gasteiger partial charge on any atom is 0.216 e. The first-order chi connectivity index (χ1) is 5.70. The Bertz CT molecular complexity index is 250. The second kappa shape index (κ2) is 4.16. The molecule has 0 bridgehead atoms. The molecule has 12 heavy (non-hydrogen) atoms. The Hall–Kier alpha value is -0.960. The second-order valence-corrected chi connectivity index (χ2v) is 2.84. The number of hydrogen-bond donors (Lipinski definition) is 1. The average Bonchev–Trinajstić information content (AvgIpc) is 2.03. The lowest BCUT2D eigenvalue weighted by molar-refractivity contribution is 0.184. The van der Waals surface area contributed by atoms with E-state index in [4.69, 9.17) is 5.11 Å². The van der Waals surface area contributed by atoms with E-state index in [1.807, 2.05) is 0 Å². The third kappa shape index (κ3) is 2.58. The van der Waals surface area contributed by atoms with Crippen molar-refractivity contribution >= 4 is 0 Å². The van der Waals surface area contributed by atoms with Crippen LogP contribution in [0.2, 0.25) is 0 Å². The van der Waals surface area contributed by atoms with Crippen molar-refractivity contribution in [1.82, 2.24) is 4.98 Å². The summed E-state index contributed by atoms with van der Waals surface area (Å²) in [5.41, 5.74) is 0.568. The lowest BCUT2D eigenvalue weighted by atomic mass is 10.1. The SMILES string of the molecule is CC(O)CCc1cccnc1F. The first kappa shape index (κ1) is 9.13. The Labute approximate surface area is 71.1 Å². The zero-order valence-electron chi connectivity index (χ0n) is 7.00. The molecular formula is C9H12FNO. The monoisotopic (exact) mass is 169 g/mol. The van der Waals surface area contributed by atoms with Gasteiger partial charge in [-0.25, -0.2) is 4.98 Å². The van der Waals surface area contributed by atoms with E-state index in [-0.39, 0.29) is 6.10 Å². The van der Waals surface area contributed by atoms with Crippen molar-refractivity contribution in [2.45, 2.75) is 25.9 Å². The molecule has 1 aromatic rings. The number of aryl methyl sites for hydroxylation is 1. The molecule has 0 amide bonds. The van der Waals surface area contributed by atoms with Gasteiger partial charge in [0.2, 0.25) is 5.95 Å². The van der Waals surface area contributed by atoms with Crippen LogP contribution in [0.4, 0.5) is 4.39 Å². The highest BCUT2D eigenvalue weighted by molar-refractivity contribution is 5.10. The van der Waals surface area contributed by atoms with Crippen molar-refractivity contribution in [1.29, 1.82) is 0 Å². The molecule has 0 aliphatic rings. The number of halogens is 1. The van der Waals surface area contributed by atoms with Crippen LogP contribution in [-0.4, -0.2) is 16.2 Å². The van der Waals surface area contributed by atoms with E-state index in [1.54, 1.807) is 19.1 Å². The lowest BCUT2D eigenvalue weighted by Gasteiger charge is -2.03. The minimum atomic E-state index is -0.432. The van der Waals surface area contributed by atoms with Gasteiger partial charge in [-0.2, -0.15) is 4.39 Å². The predicted molar refractivity (Wildman–Crippen MR) is 44.2 cm³/mol. The van der Waals surface area contributed by atoms with Crippen LogP contribution >= 0.6 is 0 Å². The Morgan fingerprint density at radius 1 is 1.67 bits per heavy atom. The second-order valence-electron chi connectivity index (χ2n) is 2.84. The summed E-state index contributed by atoms with van der Waals surface area (Å²) in [5, 5.41) is 8.96. The van der Waals surface area contributed by atoms with Gasteiger partial charge in [-0.05, 0) is 25.8 Å². The van der Waals surface area contributed by atoms with Gasteiger partial charge >= 0.3 is 0 Å². The zero-order chi connectivity index (χ0) is 8.97. The fraction of sp³-hybridized carbons (Fsp3) is 0.444. The van der Waals surface area contributed by atoms with Crippen LogP contribution in [-0.2, 0) is 6.42 Å². The van der Waals surface area contributed by atoms with E-state index in [0.29, 0.717) is 18.4 Å². The van der Waals surface area contributed by atoms with E-state index < -0.39 is 5.95 Å². The third-order valence-corrected chi connectivity index (χ3v) is 1.67. The van der Waals surface area contributed by atoms with Gasteiger partial charge in [-0.15, -0.1) is 0 Å². The van der Waals surface area contributed by atoms with Crippen molar-refractivity contribution in [3.8, 4) is 0 Å². The van der Waals surface area contributed by atoms with Gasteiger partial charge in [0.25, 0.3) is 0 Å². The van der Waals surface area contributed by atoms with Crippen molar-refractivity contribution in [3.63, 3.8) is 0 Å². The summed E-state index contributed by atoms with van der Waals surface area (Å²) in [6.07, 6.45) is 2.14. The smallest absolute Gasteiger partial charge is 0.216 e. The van der Waals surface area contributed by atoms with Gasteiger partial charge in [0, 0.05) is 11.8 Å². The molecule has 3 heteroatoms. The predicted octanol–water partition coefficient (Wildman–Crippen LogP) is 1.53. The Morgan fingerprint density at radius 3 is 3.00 bits per heavy atom. The number of aliphatic hydroxyl groups is 1. The van der Waals surface area contributed by atoms with E-state index in [0.717, 1.165) is 0 Å². The van der Waals surface area contributed by atoms with E-state index in [2.05, 4.69) is 4.98 Å². The average molecular weight is 169 g/mol. The lowest BCUT2D eigenvalue weighted by Crippen LogP contribution is -2.03. The summed E-state index contributed by atoms with van der Waals surface area (Å²) in [4.78, 5) is 3.51. The summed E-state index contributed by atoms with van der Waals surface area (Å²) in [7, 11) is 0. The minimum Gasteiger partial charge on any atom is -0.393 e. The van der Waals surface area contributed by atoms with Crippen molar-refractivity contribution in [2.75, 3.05) is 0 Å². The zero-order valence-corrected chi connectivity index (χ0v) is 7.00. The largest absolute Gasteiger partial charge is 0.393 e. The number of rotatable bonds is 3. The maximum absolute atomic E-state index is 12.8. The number of pyridine rings is 1. The molecule has 1 heterocycles. The topological polar surface area (TPSA) is 33.1 Å². The highest BCUT2D eigenvalue weighted by Crippen LogP contribution is 2.07. The normalized spacial score (nSPS) is 12.9. The van der Waals surface area contributed by atoms with Crippen molar-refractivity contribution < 1.29 is 9.50 Å². The molecule has 0 saturated carbocycles. The molecule has 0 aliphatic carbocycles. The molecule has 0 aromatic carbocycles. The van der Waals surface area contributed by atoms with Crippen LogP contribution in [0.1, 0.15) is 18.9 Å². The molecule has 1 atom stereocenters. The summed E-state index contributed by atoms with van der Waals surface area (Å²) >= 11 is 0. The van der Waals surface area contributed by atoms with Crippen LogP contribution < -0.4 is 0 Å². The summed E-state index contributed by atoms with van der Waals surface area (Å²) in [6, 6.07) is 3.38. The molecule has 66 valence electrons. The van der Waals surface area contributed by atoms with Gasteiger partial charge in [0.05, 0.1) is 6.10 Å². The molecule has 1 rings (SSSR count). The standard InChI is InChI=1S/C9H12FNO/c1-7(12)4-5-8-3-2-6-11-9(8)10/h2-3,6-7,12H,4-5H2,1H3. The van der Waals surface area contributed by atoms with E-state index in [9.17, 15) is 4.39 Å². The molecular weight excluding hydrogens is 157 g/mol. The minimum absolute atomic E-state index is 0.385. The van der Waals surface area contributed by atoms with Gasteiger partial charge in [0.1, 0.15) is 0 Å². The number of aromatic nitrogens is 1. The highest BCUT2D eigenvalue weighted by Gasteiger charge is 2.03. The van der Waals surface area contributed by atoms with Gasteiger partial charge < -0.3 is 5.11 Å². The Balaban J connectivity index is 2.57. The molecule has 2 nitrogen and oxygen atoms in total. The molecule has 0 aliphatic heterocycles. The van der Waals surface area contributed by atoms with Gasteiger partial charge in [0.15, 0.2) is 0 Å². The fourth-order valence-corrected chi connectivity index (χ4v) is 0.970. The van der Waals surface area contributed by atoms with Gasteiger partial charge in [-0.1, -0.05) is 6.07 Å². The summed E-state index contributed by atoms with van der Waals surface area (Å²) in [5.74, 6) is -0.432. The highest BCUT2D eigenvalue weighted by atomic mass is 19.1. The molecule has 0 radical (unpaired) electrons. The van der Waals surface area contributed by atoms with Crippen LogP contribution in [0.25, 0.3) is 0 Å². The fourth-order valence-electron chi connectivity index (χ4n) is 0.970. The molecule has 0 fully saturated rings. The molecule has 1 N–H and O–H groups in total. The Kier molecular flexibility index (Phi) is 3.17. The molecule has 0 spiro atoms. The van der Waals surface area contributed by atoms with E-state index >= 15 is 0 Å². The summed E-state index contributed by atoms with van der Waals surface area (Å²) in [6.45, 7) is 1.69. The van der Waals surface area contributed by atoms with Gasteiger partial charge in [-0.3, -0.25) is 0 Å². The van der Waals surface area contributed by atoms with Crippen molar-refractivity contribution in [3.05, 3.63) is 29.8 Å². The quantitative estimate of drug-likeness (QED) is 0.696. The first-order valence-electron chi connectivity index (χ1n) is 3.97. The summed E-state index contributed by atoms with van der Waals surface area (Å²) < 4.78 is 12.8. The molecule has 1 unspecified atom stereocenters. The van der Waals surface area contributed by atoms with E-state index in [1.165, 1.54) is 6.20 Å². The van der Waals surface area contributed by atoms with Crippen LogP contribution in [0.3, 0.4) is 0 Å². The van der Waals surface area contributed by atoms with Crippen LogP contribution in [0, 0.1) is 5.95 Å². The third-order valence-electron chi connectivity index (χ3n) is 1.67. The van der Waals surface area contributed by atoms with Crippen LogP contribution in [0.5, 0.6) is 0 Å². The number of nitrogens with zero attached hydrogens (tertiary/aromatic N) is 1. The first-order valence-corrected chi connectivity index (χ1v) is 3.97. The number of hydrogen-bond acceptors (Lipinski definition) is 2. The molecule has 1 aromatic heterocycles. The molecule has 0 saturated heterocycles. The Morgan fingerprint density at radius 2 is 2.42 bits per heavy atom. The van der Waals surface area contributed by atoms with Crippen molar-refractivity contribution in [2.24, 2.45) is 0 Å².